The summed E-state index contributed by atoms with van der Waals surface area (Å²) < 4.78 is 13.0. The summed E-state index contributed by atoms with van der Waals surface area (Å²) in [6.45, 7) is 2.38. The second-order valence-electron chi connectivity index (χ2n) is 4.32. The number of nitrogens with one attached hydrogen (secondary N) is 1. The van der Waals surface area contributed by atoms with Gasteiger partial charge in [-0.15, -0.1) is 0 Å². The average Bonchev–Trinajstić information content (AvgIpc) is 2.31. The summed E-state index contributed by atoms with van der Waals surface area (Å²) in [5.41, 5.74) is 0.720. The number of rotatable bonds is 2. The third-order valence-electron chi connectivity index (χ3n) is 2.82. The van der Waals surface area contributed by atoms with Gasteiger partial charge in [0.1, 0.15) is 5.82 Å². The van der Waals surface area contributed by atoms with Gasteiger partial charge in [0, 0.05) is 13.1 Å². The number of halogens is 2. The van der Waals surface area contributed by atoms with Gasteiger partial charge in [-0.1, -0.05) is 24.6 Å². The number of urea groups is 1. The highest BCUT2D eigenvalue weighted by Crippen LogP contribution is 2.18. The molecule has 6 heteroatoms. The molecule has 1 aromatic rings. The third kappa shape index (κ3) is 2.61. The second-order valence-corrected chi connectivity index (χ2v) is 4.73. The lowest BCUT2D eigenvalue weighted by Crippen LogP contribution is -2.53. The molecule has 2 rings (SSSR count). The number of carbonyl (C=O) groups excluding carboxylic acids is 2. The van der Waals surface area contributed by atoms with E-state index < -0.39 is 11.8 Å². The molecule has 0 aromatic heterocycles. The largest absolute Gasteiger partial charge is 0.324 e. The van der Waals surface area contributed by atoms with Crippen molar-refractivity contribution >= 4 is 23.5 Å². The summed E-state index contributed by atoms with van der Waals surface area (Å²) >= 11 is 5.67. The van der Waals surface area contributed by atoms with E-state index in [1.807, 2.05) is 0 Å². The van der Waals surface area contributed by atoms with E-state index in [0.29, 0.717) is 13.1 Å². The van der Waals surface area contributed by atoms with E-state index >= 15 is 0 Å². The van der Waals surface area contributed by atoms with Crippen LogP contribution in [0.25, 0.3) is 0 Å². The molecule has 0 aliphatic carbocycles. The van der Waals surface area contributed by atoms with Crippen molar-refractivity contribution in [2.45, 2.75) is 13.5 Å². The van der Waals surface area contributed by atoms with Gasteiger partial charge in [-0.2, -0.15) is 0 Å². The Kier molecular flexibility index (Phi) is 3.52. The summed E-state index contributed by atoms with van der Waals surface area (Å²) in [6, 6.07) is 3.87. The van der Waals surface area contributed by atoms with Gasteiger partial charge < -0.3 is 4.90 Å². The Morgan fingerprint density at radius 2 is 2.22 bits per heavy atom. The van der Waals surface area contributed by atoms with Crippen LogP contribution < -0.4 is 5.32 Å². The van der Waals surface area contributed by atoms with Crippen molar-refractivity contribution in [1.29, 1.82) is 0 Å². The summed E-state index contributed by atoms with van der Waals surface area (Å²) in [7, 11) is 0. The molecule has 96 valence electrons. The monoisotopic (exact) mass is 270 g/mol. The normalized spacial score (nSPS) is 19.9. The quantitative estimate of drug-likeness (QED) is 0.895. The molecular formula is C12H12ClFN2O2. The Morgan fingerprint density at radius 1 is 1.50 bits per heavy atom. The molecule has 18 heavy (non-hydrogen) atoms. The summed E-state index contributed by atoms with van der Waals surface area (Å²) in [5, 5.41) is 2.29. The standard InChI is InChI=1S/C12H12ClFN2O2/c1-7-5-16(12(18)15-11(7)17)6-8-2-3-10(14)9(13)4-8/h2-4,7H,5-6H2,1H3,(H,15,17,18). The predicted octanol–water partition coefficient (Wildman–Crippen LogP) is 2.17. The van der Waals surface area contributed by atoms with Crippen LogP contribution in [0.3, 0.4) is 0 Å². The molecule has 0 bridgehead atoms. The van der Waals surface area contributed by atoms with E-state index in [1.54, 1.807) is 13.0 Å². The number of hydrogen-bond acceptors (Lipinski definition) is 2. The molecule has 1 atom stereocenters. The van der Waals surface area contributed by atoms with Gasteiger partial charge in [0.2, 0.25) is 5.91 Å². The van der Waals surface area contributed by atoms with E-state index in [2.05, 4.69) is 5.32 Å². The number of nitrogens with zero attached hydrogens (tertiary/aromatic N) is 1. The van der Waals surface area contributed by atoms with Crippen LogP contribution in [0.2, 0.25) is 5.02 Å². The maximum Gasteiger partial charge on any atom is 0.324 e. The van der Waals surface area contributed by atoms with Crippen molar-refractivity contribution in [2.24, 2.45) is 5.92 Å². The van der Waals surface area contributed by atoms with Crippen molar-refractivity contribution < 1.29 is 14.0 Å². The molecule has 0 radical (unpaired) electrons. The van der Waals surface area contributed by atoms with Crippen LogP contribution in [-0.2, 0) is 11.3 Å². The predicted molar refractivity (Wildman–Crippen MR) is 64.5 cm³/mol. The van der Waals surface area contributed by atoms with Crippen LogP contribution in [0, 0.1) is 11.7 Å². The van der Waals surface area contributed by atoms with E-state index in [0.717, 1.165) is 5.56 Å². The molecule has 1 N–H and O–H groups in total. The zero-order chi connectivity index (χ0) is 13.3. The second kappa shape index (κ2) is 4.94. The topological polar surface area (TPSA) is 49.4 Å². The van der Waals surface area contributed by atoms with Crippen molar-refractivity contribution in [1.82, 2.24) is 10.2 Å². The minimum absolute atomic E-state index is 0.0223. The van der Waals surface area contributed by atoms with Crippen molar-refractivity contribution in [3.63, 3.8) is 0 Å². The lowest BCUT2D eigenvalue weighted by molar-refractivity contribution is -0.125. The third-order valence-corrected chi connectivity index (χ3v) is 3.11. The minimum Gasteiger partial charge on any atom is -0.319 e. The number of benzene rings is 1. The van der Waals surface area contributed by atoms with Crippen LogP contribution in [-0.4, -0.2) is 23.4 Å². The number of amides is 3. The molecule has 4 nitrogen and oxygen atoms in total. The molecule has 1 unspecified atom stereocenters. The van der Waals surface area contributed by atoms with Gasteiger partial charge >= 0.3 is 6.03 Å². The maximum atomic E-state index is 13.0. The zero-order valence-corrected chi connectivity index (χ0v) is 10.5. The number of imide groups is 1. The number of hydrogen-bond donors (Lipinski definition) is 1. The first-order valence-electron chi connectivity index (χ1n) is 5.51. The molecule has 1 saturated heterocycles. The molecule has 1 aliphatic rings. The molecular weight excluding hydrogens is 259 g/mol. The van der Waals surface area contributed by atoms with E-state index in [-0.39, 0.29) is 16.8 Å². The van der Waals surface area contributed by atoms with E-state index in [1.165, 1.54) is 17.0 Å². The lowest BCUT2D eigenvalue weighted by atomic mass is 10.1. The fourth-order valence-electron chi connectivity index (χ4n) is 1.80. The Morgan fingerprint density at radius 3 is 2.89 bits per heavy atom. The average molecular weight is 271 g/mol. The van der Waals surface area contributed by atoms with Crippen molar-refractivity contribution in [3.05, 3.63) is 34.6 Å². The van der Waals surface area contributed by atoms with Crippen molar-refractivity contribution in [3.8, 4) is 0 Å². The van der Waals surface area contributed by atoms with Gasteiger partial charge in [0.05, 0.1) is 10.9 Å². The highest BCUT2D eigenvalue weighted by Gasteiger charge is 2.28. The molecule has 0 saturated carbocycles. The van der Waals surface area contributed by atoms with Crippen molar-refractivity contribution in [2.75, 3.05) is 6.54 Å². The van der Waals surface area contributed by atoms with Gasteiger partial charge in [-0.3, -0.25) is 10.1 Å². The lowest BCUT2D eigenvalue weighted by Gasteiger charge is -2.30. The minimum atomic E-state index is -0.493. The van der Waals surface area contributed by atoms with Gasteiger partial charge in [0.25, 0.3) is 0 Å². The number of carbonyl (C=O) groups is 2. The molecule has 3 amide bonds. The molecule has 1 aromatic carbocycles. The Labute approximate surface area is 109 Å². The van der Waals surface area contributed by atoms with E-state index in [4.69, 9.17) is 11.6 Å². The van der Waals surface area contributed by atoms with Crippen LogP contribution >= 0.6 is 11.6 Å². The zero-order valence-electron chi connectivity index (χ0n) is 9.74. The molecule has 1 aliphatic heterocycles. The van der Waals surface area contributed by atoms with Gasteiger partial charge in [0.15, 0.2) is 0 Å². The molecule has 1 heterocycles. The Bertz CT molecular complexity index is 507. The summed E-state index contributed by atoms with van der Waals surface area (Å²) in [6.07, 6.45) is 0. The van der Waals surface area contributed by atoms with E-state index in [9.17, 15) is 14.0 Å². The molecule has 0 spiro atoms. The summed E-state index contributed by atoms with van der Waals surface area (Å²) in [5.74, 6) is -1.01. The van der Waals surface area contributed by atoms with Crippen LogP contribution in [0.15, 0.2) is 18.2 Å². The highest BCUT2D eigenvalue weighted by molar-refractivity contribution is 6.30. The molecule has 1 fully saturated rings. The summed E-state index contributed by atoms with van der Waals surface area (Å²) in [4.78, 5) is 24.4. The van der Waals surface area contributed by atoms with Gasteiger partial charge in [-0.25, -0.2) is 9.18 Å². The van der Waals surface area contributed by atoms with Crippen LogP contribution in [0.1, 0.15) is 12.5 Å². The first kappa shape index (κ1) is 12.8. The van der Waals surface area contributed by atoms with Crippen LogP contribution in [0.5, 0.6) is 0 Å². The first-order chi connectivity index (χ1) is 8.47. The smallest absolute Gasteiger partial charge is 0.319 e. The van der Waals surface area contributed by atoms with Gasteiger partial charge in [-0.05, 0) is 17.7 Å². The fourth-order valence-corrected chi connectivity index (χ4v) is 2.00. The fraction of sp³-hybridized carbons (Fsp3) is 0.333. The maximum absolute atomic E-state index is 13.0. The SMILES string of the molecule is CC1CN(Cc2ccc(F)c(Cl)c2)C(=O)NC1=O. The van der Waals surface area contributed by atoms with Crippen LogP contribution in [0.4, 0.5) is 9.18 Å². The Hall–Kier alpha value is -1.62. The Balaban J connectivity index is 2.11. The first-order valence-corrected chi connectivity index (χ1v) is 5.89. The highest BCUT2D eigenvalue weighted by atomic mass is 35.5.